The molecule has 0 saturated carbocycles. The van der Waals surface area contributed by atoms with Crippen molar-refractivity contribution in [2.75, 3.05) is 5.32 Å². The molecule has 5 heteroatoms. The number of imidazole rings is 1. The van der Waals surface area contributed by atoms with E-state index in [1.54, 1.807) is 29.9 Å². The maximum atomic E-state index is 11.3. The molecule has 0 aliphatic rings. The maximum Gasteiger partial charge on any atom is 0.250 e. The van der Waals surface area contributed by atoms with E-state index in [-0.39, 0.29) is 5.56 Å². The number of hydrogen-bond acceptors (Lipinski definition) is 3. The van der Waals surface area contributed by atoms with E-state index in [4.69, 9.17) is 0 Å². The molecule has 2 aromatic rings. The van der Waals surface area contributed by atoms with Crippen LogP contribution in [0.3, 0.4) is 0 Å². The number of anilines is 1. The fraction of sp³-hybridized carbons (Fsp3) is 0.385. The Balaban J connectivity index is 2.04. The van der Waals surface area contributed by atoms with Crippen LogP contribution in [-0.4, -0.2) is 14.1 Å². The van der Waals surface area contributed by atoms with Crippen LogP contribution in [-0.2, 0) is 20.1 Å². The van der Waals surface area contributed by atoms with Gasteiger partial charge in [0, 0.05) is 38.2 Å². The van der Waals surface area contributed by atoms with Gasteiger partial charge >= 0.3 is 0 Å². The Hall–Kier alpha value is -2.04. The average Bonchev–Trinajstić information content (AvgIpc) is 2.79. The van der Waals surface area contributed by atoms with Gasteiger partial charge in [0.15, 0.2) is 0 Å². The van der Waals surface area contributed by atoms with Crippen LogP contribution >= 0.6 is 0 Å². The van der Waals surface area contributed by atoms with Crippen LogP contribution in [0.15, 0.2) is 35.5 Å². The molecule has 96 valence electrons. The molecular weight excluding hydrogens is 228 g/mol. The molecule has 0 amide bonds. The van der Waals surface area contributed by atoms with Crippen molar-refractivity contribution >= 4 is 5.69 Å². The number of nitrogens with zero attached hydrogens (tertiary/aromatic N) is 3. The largest absolute Gasteiger partial charge is 0.377 e. The van der Waals surface area contributed by atoms with E-state index in [2.05, 4.69) is 21.8 Å². The first-order valence-electron chi connectivity index (χ1n) is 6.11. The van der Waals surface area contributed by atoms with Crippen molar-refractivity contribution < 1.29 is 0 Å². The molecule has 0 unspecified atom stereocenters. The van der Waals surface area contributed by atoms with Gasteiger partial charge in [-0.15, -0.1) is 0 Å². The van der Waals surface area contributed by atoms with Crippen molar-refractivity contribution in [2.24, 2.45) is 7.05 Å². The minimum Gasteiger partial charge on any atom is -0.377 e. The van der Waals surface area contributed by atoms with E-state index in [0.29, 0.717) is 6.54 Å². The predicted molar refractivity (Wildman–Crippen MR) is 71.5 cm³/mol. The normalized spacial score (nSPS) is 10.6. The summed E-state index contributed by atoms with van der Waals surface area (Å²) < 4.78 is 3.69. The lowest BCUT2D eigenvalue weighted by atomic mass is 10.4. The molecule has 0 aliphatic carbocycles. The molecule has 0 fully saturated rings. The van der Waals surface area contributed by atoms with Crippen molar-refractivity contribution in [1.82, 2.24) is 14.1 Å². The second-order valence-corrected chi connectivity index (χ2v) is 4.26. The number of aromatic nitrogens is 3. The van der Waals surface area contributed by atoms with E-state index >= 15 is 0 Å². The predicted octanol–water partition coefficient (Wildman–Crippen LogP) is 1.60. The molecule has 0 bridgehead atoms. The first-order chi connectivity index (χ1) is 8.70. The molecule has 2 rings (SSSR count). The van der Waals surface area contributed by atoms with Crippen molar-refractivity contribution in [3.63, 3.8) is 0 Å². The third-order valence-corrected chi connectivity index (χ3v) is 2.80. The smallest absolute Gasteiger partial charge is 0.250 e. The number of rotatable bonds is 5. The second kappa shape index (κ2) is 5.53. The highest BCUT2D eigenvalue weighted by Crippen LogP contribution is 2.06. The van der Waals surface area contributed by atoms with Crippen LogP contribution < -0.4 is 10.9 Å². The molecule has 0 radical (unpaired) electrons. The molecule has 0 aromatic carbocycles. The summed E-state index contributed by atoms with van der Waals surface area (Å²) in [6.07, 6.45) is 6.67. The van der Waals surface area contributed by atoms with Gasteiger partial charge in [0.2, 0.25) is 5.56 Å². The topological polar surface area (TPSA) is 51.9 Å². The molecule has 18 heavy (non-hydrogen) atoms. The zero-order chi connectivity index (χ0) is 13.0. The quantitative estimate of drug-likeness (QED) is 0.872. The minimum absolute atomic E-state index is 0.00645. The lowest BCUT2D eigenvalue weighted by Crippen LogP contribution is -2.15. The third kappa shape index (κ3) is 2.80. The lowest BCUT2D eigenvalue weighted by Gasteiger charge is -2.09. The number of aryl methyl sites for hydroxylation is 2. The summed E-state index contributed by atoms with van der Waals surface area (Å²) in [5, 5.41) is 3.27. The van der Waals surface area contributed by atoms with Crippen molar-refractivity contribution in [3.05, 3.63) is 46.9 Å². The molecule has 0 spiro atoms. The van der Waals surface area contributed by atoms with Crippen LogP contribution in [0.4, 0.5) is 5.69 Å². The van der Waals surface area contributed by atoms with E-state index in [9.17, 15) is 4.79 Å². The second-order valence-electron chi connectivity index (χ2n) is 4.26. The first kappa shape index (κ1) is 12.4. The van der Waals surface area contributed by atoms with Crippen molar-refractivity contribution in [1.29, 1.82) is 0 Å². The molecule has 0 aliphatic heterocycles. The third-order valence-electron chi connectivity index (χ3n) is 2.80. The molecule has 2 heterocycles. The van der Waals surface area contributed by atoms with Gasteiger partial charge < -0.3 is 14.5 Å². The Kier molecular flexibility index (Phi) is 3.82. The summed E-state index contributed by atoms with van der Waals surface area (Å²) >= 11 is 0. The molecule has 0 saturated heterocycles. The summed E-state index contributed by atoms with van der Waals surface area (Å²) in [6, 6.07) is 3.34. The number of nitrogens with one attached hydrogen (secondary N) is 1. The fourth-order valence-corrected chi connectivity index (χ4v) is 1.83. The zero-order valence-electron chi connectivity index (χ0n) is 10.8. The van der Waals surface area contributed by atoms with Gasteiger partial charge in [-0.05, 0) is 12.5 Å². The Bertz CT molecular complexity index is 570. The molecule has 0 atom stereocenters. The Labute approximate surface area is 106 Å². The highest BCUT2D eigenvalue weighted by molar-refractivity contribution is 5.40. The maximum absolute atomic E-state index is 11.3. The summed E-state index contributed by atoms with van der Waals surface area (Å²) in [5.41, 5.74) is 0.913. The SMILES string of the molecule is CCCn1ccnc1CNc1ccc(=O)n(C)c1. The standard InChI is InChI=1S/C13H18N4O/c1-3-7-17-8-6-14-12(17)9-15-11-4-5-13(18)16(2)10-11/h4-6,8,10,15H,3,7,9H2,1-2H3. The van der Waals surface area contributed by atoms with Crippen molar-refractivity contribution in [2.45, 2.75) is 26.4 Å². The minimum atomic E-state index is -0.00645. The summed E-state index contributed by atoms with van der Waals surface area (Å²) in [5.74, 6) is 1.01. The highest BCUT2D eigenvalue weighted by atomic mass is 16.1. The fourth-order valence-electron chi connectivity index (χ4n) is 1.83. The Morgan fingerprint density at radius 2 is 2.22 bits per heavy atom. The van der Waals surface area contributed by atoms with Gasteiger partial charge in [0.05, 0.1) is 12.2 Å². The zero-order valence-corrected chi connectivity index (χ0v) is 10.8. The van der Waals surface area contributed by atoms with E-state index in [1.807, 2.05) is 12.4 Å². The van der Waals surface area contributed by atoms with Gasteiger partial charge in [0.25, 0.3) is 0 Å². The van der Waals surface area contributed by atoms with Crippen LogP contribution in [0, 0.1) is 0 Å². The Morgan fingerprint density at radius 1 is 1.39 bits per heavy atom. The van der Waals surface area contributed by atoms with Gasteiger partial charge in [-0.2, -0.15) is 0 Å². The van der Waals surface area contributed by atoms with Gasteiger partial charge in [0.1, 0.15) is 5.82 Å². The summed E-state index contributed by atoms with van der Waals surface area (Å²) in [6.45, 7) is 3.78. The Morgan fingerprint density at radius 3 is 2.94 bits per heavy atom. The molecule has 5 nitrogen and oxygen atoms in total. The molecule has 2 aromatic heterocycles. The van der Waals surface area contributed by atoms with Gasteiger partial charge in [-0.25, -0.2) is 4.98 Å². The highest BCUT2D eigenvalue weighted by Gasteiger charge is 2.02. The van der Waals surface area contributed by atoms with Crippen LogP contribution in [0.5, 0.6) is 0 Å². The molecule has 1 N–H and O–H groups in total. The molecular formula is C13H18N4O. The summed E-state index contributed by atoms with van der Waals surface area (Å²) in [7, 11) is 1.74. The van der Waals surface area contributed by atoms with Gasteiger partial charge in [-0.1, -0.05) is 6.92 Å². The first-order valence-corrected chi connectivity index (χ1v) is 6.11. The summed E-state index contributed by atoms with van der Waals surface area (Å²) in [4.78, 5) is 15.6. The monoisotopic (exact) mass is 246 g/mol. The van der Waals surface area contributed by atoms with Gasteiger partial charge in [-0.3, -0.25) is 4.79 Å². The van der Waals surface area contributed by atoms with E-state index < -0.39 is 0 Å². The van der Waals surface area contributed by atoms with E-state index in [1.165, 1.54) is 0 Å². The average molecular weight is 246 g/mol. The number of hydrogen-bond donors (Lipinski definition) is 1. The van der Waals surface area contributed by atoms with Crippen molar-refractivity contribution in [3.8, 4) is 0 Å². The van der Waals surface area contributed by atoms with Crippen LogP contribution in [0.1, 0.15) is 19.2 Å². The van der Waals surface area contributed by atoms with Crippen LogP contribution in [0.2, 0.25) is 0 Å². The number of pyridine rings is 1. The lowest BCUT2D eigenvalue weighted by molar-refractivity contribution is 0.644. The van der Waals surface area contributed by atoms with E-state index in [0.717, 1.165) is 24.5 Å². The van der Waals surface area contributed by atoms with Crippen LogP contribution in [0.25, 0.3) is 0 Å².